The molecule has 3 heteroatoms. The van der Waals surface area contributed by atoms with Crippen LogP contribution in [0, 0.1) is 12.7 Å². The largest absolute Gasteiger partial charge is 0.352 e. The van der Waals surface area contributed by atoms with E-state index in [-0.39, 0.29) is 11.7 Å². The van der Waals surface area contributed by atoms with Crippen LogP contribution in [-0.2, 0) is 6.42 Å². The maximum Gasteiger partial charge on any atom is 0.251 e. The quantitative estimate of drug-likeness (QED) is 0.829. The molecule has 1 amide bonds. The molecule has 0 aliphatic heterocycles. The van der Waals surface area contributed by atoms with Gasteiger partial charge in [-0.15, -0.1) is 0 Å². The second kappa shape index (κ2) is 6.85. The third kappa shape index (κ3) is 4.19. The van der Waals surface area contributed by atoms with E-state index in [1.165, 1.54) is 12.1 Å². The number of nitrogens with one attached hydrogen (secondary N) is 1. The van der Waals surface area contributed by atoms with Gasteiger partial charge in [-0.05, 0) is 49.6 Å². The van der Waals surface area contributed by atoms with Crippen molar-refractivity contribution >= 4 is 5.91 Å². The van der Waals surface area contributed by atoms with Crippen molar-refractivity contribution < 1.29 is 9.18 Å². The van der Waals surface area contributed by atoms with Crippen molar-refractivity contribution in [2.75, 3.05) is 6.54 Å². The smallest absolute Gasteiger partial charge is 0.251 e. The molecular weight excluding hydrogens is 253 g/mol. The Hall–Kier alpha value is -2.16. The number of rotatable bonds is 5. The van der Waals surface area contributed by atoms with E-state index in [1.54, 1.807) is 12.1 Å². The fraction of sp³-hybridized carbons (Fsp3) is 0.235. The molecule has 0 radical (unpaired) electrons. The molecule has 0 aromatic heterocycles. The van der Waals surface area contributed by atoms with Crippen molar-refractivity contribution in [1.82, 2.24) is 5.32 Å². The predicted octanol–water partition coefficient (Wildman–Crippen LogP) is 3.50. The fourth-order valence-corrected chi connectivity index (χ4v) is 1.95. The highest BCUT2D eigenvalue weighted by Gasteiger charge is 2.03. The van der Waals surface area contributed by atoms with Crippen LogP contribution in [0.15, 0.2) is 48.5 Å². The van der Waals surface area contributed by atoms with Gasteiger partial charge in [0.25, 0.3) is 5.91 Å². The van der Waals surface area contributed by atoms with E-state index in [9.17, 15) is 9.18 Å². The van der Waals surface area contributed by atoms with Gasteiger partial charge in [0.2, 0.25) is 0 Å². The van der Waals surface area contributed by atoms with E-state index in [4.69, 9.17) is 0 Å². The number of amides is 1. The van der Waals surface area contributed by atoms with Crippen LogP contribution >= 0.6 is 0 Å². The molecule has 2 nitrogen and oxygen atoms in total. The van der Waals surface area contributed by atoms with Gasteiger partial charge in [0, 0.05) is 12.1 Å². The summed E-state index contributed by atoms with van der Waals surface area (Å²) >= 11 is 0. The van der Waals surface area contributed by atoms with Crippen molar-refractivity contribution in [3.63, 3.8) is 0 Å². The number of carbonyl (C=O) groups excluding carboxylic acids is 1. The van der Waals surface area contributed by atoms with Gasteiger partial charge in [0.15, 0.2) is 0 Å². The van der Waals surface area contributed by atoms with E-state index < -0.39 is 0 Å². The number of hydrogen-bond donors (Lipinski definition) is 1. The van der Waals surface area contributed by atoms with Gasteiger partial charge in [0.1, 0.15) is 5.82 Å². The fourth-order valence-electron chi connectivity index (χ4n) is 1.95. The first-order valence-corrected chi connectivity index (χ1v) is 6.74. The van der Waals surface area contributed by atoms with E-state index in [0.717, 1.165) is 24.0 Å². The standard InChI is InChI=1S/C17H18FNO/c1-13-4-8-15(9-5-13)17(20)19-12-2-3-14-6-10-16(18)11-7-14/h4-11H,2-3,12H2,1H3,(H,19,20). The lowest BCUT2D eigenvalue weighted by atomic mass is 10.1. The highest BCUT2D eigenvalue weighted by atomic mass is 19.1. The highest BCUT2D eigenvalue weighted by Crippen LogP contribution is 2.06. The summed E-state index contributed by atoms with van der Waals surface area (Å²) in [5.74, 6) is -0.273. The Labute approximate surface area is 118 Å². The van der Waals surface area contributed by atoms with Crippen LogP contribution in [-0.4, -0.2) is 12.5 Å². The first kappa shape index (κ1) is 14.3. The van der Waals surface area contributed by atoms with E-state index >= 15 is 0 Å². The summed E-state index contributed by atoms with van der Waals surface area (Å²) in [6, 6.07) is 14.0. The average Bonchev–Trinajstić information content (AvgIpc) is 2.46. The number of halogens is 1. The van der Waals surface area contributed by atoms with E-state index in [2.05, 4.69) is 5.32 Å². The molecule has 2 aromatic carbocycles. The van der Waals surface area contributed by atoms with Crippen molar-refractivity contribution in [3.05, 3.63) is 71.0 Å². The third-order valence-electron chi connectivity index (χ3n) is 3.15. The molecule has 0 atom stereocenters. The molecule has 104 valence electrons. The minimum atomic E-state index is -0.221. The predicted molar refractivity (Wildman–Crippen MR) is 78.2 cm³/mol. The lowest BCUT2D eigenvalue weighted by Gasteiger charge is -2.06. The Morgan fingerprint density at radius 3 is 2.35 bits per heavy atom. The first-order chi connectivity index (χ1) is 9.65. The van der Waals surface area contributed by atoms with Crippen molar-refractivity contribution in [2.45, 2.75) is 19.8 Å². The molecule has 0 saturated carbocycles. The average molecular weight is 271 g/mol. The summed E-state index contributed by atoms with van der Waals surface area (Å²) < 4.78 is 12.7. The Morgan fingerprint density at radius 1 is 1.05 bits per heavy atom. The topological polar surface area (TPSA) is 29.1 Å². The molecule has 0 aliphatic rings. The maximum atomic E-state index is 12.7. The second-order valence-corrected chi connectivity index (χ2v) is 4.85. The van der Waals surface area contributed by atoms with Crippen LogP contribution in [0.4, 0.5) is 4.39 Å². The minimum absolute atomic E-state index is 0.0518. The van der Waals surface area contributed by atoms with Gasteiger partial charge in [0.05, 0.1) is 0 Å². The van der Waals surface area contributed by atoms with Crippen LogP contribution in [0.2, 0.25) is 0 Å². The second-order valence-electron chi connectivity index (χ2n) is 4.85. The Kier molecular flexibility index (Phi) is 4.88. The Balaban J connectivity index is 1.74. The zero-order valence-electron chi connectivity index (χ0n) is 11.5. The lowest BCUT2D eigenvalue weighted by Crippen LogP contribution is -2.24. The van der Waals surface area contributed by atoms with Crippen molar-refractivity contribution in [2.24, 2.45) is 0 Å². The zero-order chi connectivity index (χ0) is 14.4. The SMILES string of the molecule is Cc1ccc(C(=O)NCCCc2ccc(F)cc2)cc1. The van der Waals surface area contributed by atoms with Gasteiger partial charge >= 0.3 is 0 Å². The molecule has 0 saturated heterocycles. The monoisotopic (exact) mass is 271 g/mol. The minimum Gasteiger partial charge on any atom is -0.352 e. The molecule has 0 fully saturated rings. The molecular formula is C17H18FNO. The van der Waals surface area contributed by atoms with Gasteiger partial charge in [-0.1, -0.05) is 29.8 Å². The molecule has 1 N–H and O–H groups in total. The van der Waals surface area contributed by atoms with Crippen molar-refractivity contribution in [3.8, 4) is 0 Å². The highest BCUT2D eigenvalue weighted by molar-refractivity contribution is 5.94. The van der Waals surface area contributed by atoms with Crippen LogP contribution in [0.3, 0.4) is 0 Å². The summed E-state index contributed by atoms with van der Waals surface area (Å²) in [4.78, 5) is 11.9. The van der Waals surface area contributed by atoms with Gasteiger partial charge in [-0.2, -0.15) is 0 Å². The van der Waals surface area contributed by atoms with Crippen LogP contribution in [0.1, 0.15) is 27.9 Å². The molecule has 0 heterocycles. The summed E-state index contributed by atoms with van der Waals surface area (Å²) in [5.41, 5.74) is 2.89. The molecule has 0 aliphatic carbocycles. The van der Waals surface area contributed by atoms with Crippen LogP contribution < -0.4 is 5.32 Å². The lowest BCUT2D eigenvalue weighted by molar-refractivity contribution is 0.0953. The van der Waals surface area contributed by atoms with Crippen LogP contribution in [0.25, 0.3) is 0 Å². The van der Waals surface area contributed by atoms with E-state index in [0.29, 0.717) is 12.1 Å². The van der Waals surface area contributed by atoms with Crippen molar-refractivity contribution in [1.29, 1.82) is 0 Å². The molecule has 0 spiro atoms. The van der Waals surface area contributed by atoms with Gasteiger partial charge in [-0.25, -0.2) is 4.39 Å². The maximum absolute atomic E-state index is 12.7. The summed E-state index contributed by atoms with van der Waals surface area (Å²) in [7, 11) is 0. The Bertz CT molecular complexity index is 561. The van der Waals surface area contributed by atoms with E-state index in [1.807, 2.05) is 31.2 Å². The zero-order valence-corrected chi connectivity index (χ0v) is 11.5. The first-order valence-electron chi connectivity index (χ1n) is 6.74. The molecule has 0 bridgehead atoms. The molecule has 2 aromatic rings. The number of carbonyl (C=O) groups is 1. The molecule has 20 heavy (non-hydrogen) atoms. The van der Waals surface area contributed by atoms with Crippen LogP contribution in [0.5, 0.6) is 0 Å². The Morgan fingerprint density at radius 2 is 1.70 bits per heavy atom. The summed E-state index contributed by atoms with van der Waals surface area (Å²) in [6.45, 7) is 2.61. The number of hydrogen-bond acceptors (Lipinski definition) is 1. The summed E-state index contributed by atoms with van der Waals surface area (Å²) in [5, 5.41) is 2.89. The number of benzene rings is 2. The number of aryl methyl sites for hydroxylation is 2. The van der Waals surface area contributed by atoms with Gasteiger partial charge in [-0.3, -0.25) is 4.79 Å². The normalized spacial score (nSPS) is 10.3. The summed E-state index contributed by atoms with van der Waals surface area (Å²) in [6.07, 6.45) is 1.66. The molecule has 0 unspecified atom stereocenters. The third-order valence-corrected chi connectivity index (χ3v) is 3.15. The van der Waals surface area contributed by atoms with Gasteiger partial charge < -0.3 is 5.32 Å². The molecule has 2 rings (SSSR count).